The van der Waals surface area contributed by atoms with E-state index < -0.39 is 5.82 Å². The molecule has 6 heteroatoms. The zero-order chi connectivity index (χ0) is 12.7. The van der Waals surface area contributed by atoms with Crippen LogP contribution >= 0.6 is 0 Å². The first-order chi connectivity index (χ1) is 8.65. The molecule has 3 rings (SSSR count). The van der Waals surface area contributed by atoms with E-state index in [0.717, 1.165) is 5.52 Å². The summed E-state index contributed by atoms with van der Waals surface area (Å²) in [5.74, 6) is 0.383. The number of hydrogen-bond donors (Lipinski definition) is 3. The molecule has 0 saturated carbocycles. The summed E-state index contributed by atoms with van der Waals surface area (Å²) in [5.41, 5.74) is 13.0. The highest BCUT2D eigenvalue weighted by Crippen LogP contribution is 2.27. The highest BCUT2D eigenvalue weighted by atomic mass is 19.1. The molecular weight excluding hydrogens is 233 g/mol. The number of rotatable bonds is 1. The van der Waals surface area contributed by atoms with E-state index in [1.165, 1.54) is 6.07 Å². The molecule has 5 N–H and O–H groups in total. The Morgan fingerprint density at radius 3 is 2.72 bits per heavy atom. The number of hydrogen-bond acceptors (Lipinski definition) is 4. The van der Waals surface area contributed by atoms with Crippen molar-refractivity contribution in [2.24, 2.45) is 0 Å². The van der Waals surface area contributed by atoms with Crippen LogP contribution in [0, 0.1) is 5.82 Å². The van der Waals surface area contributed by atoms with Gasteiger partial charge in [0.2, 0.25) is 0 Å². The van der Waals surface area contributed by atoms with Crippen LogP contribution in [0.1, 0.15) is 0 Å². The minimum absolute atomic E-state index is 0.0597. The predicted molar refractivity (Wildman–Crippen MR) is 68.1 cm³/mol. The van der Waals surface area contributed by atoms with Crippen LogP contribution in [0.15, 0.2) is 30.3 Å². The highest BCUT2D eigenvalue weighted by Gasteiger charge is 2.11. The standard InChI is InChI=1S/C12H10FN5/c13-7-3-1-2-6(10(7)15)11-16-8-4-5-9(14)17-12(8)18-11/h1-5H,15H2,(H3,14,16,17,18). The second kappa shape index (κ2) is 3.69. The zero-order valence-electron chi connectivity index (χ0n) is 9.31. The number of nitrogens with two attached hydrogens (primary N) is 2. The molecule has 0 unspecified atom stereocenters. The molecular formula is C12H10FN5. The van der Waals surface area contributed by atoms with Gasteiger partial charge in [-0.3, -0.25) is 0 Å². The third-order valence-electron chi connectivity index (χ3n) is 2.68. The molecule has 2 aromatic heterocycles. The topological polar surface area (TPSA) is 93.6 Å². The number of nitrogens with zero attached hydrogens (tertiary/aromatic N) is 2. The number of imidazole rings is 1. The SMILES string of the molecule is Nc1ccc2[nH]c(-c3cccc(F)c3N)nc2n1. The van der Waals surface area contributed by atoms with Gasteiger partial charge in [-0.05, 0) is 24.3 Å². The first kappa shape index (κ1) is 10.5. The molecule has 0 aliphatic carbocycles. The number of aromatic amines is 1. The van der Waals surface area contributed by atoms with E-state index in [1.54, 1.807) is 24.3 Å². The quantitative estimate of drug-likeness (QED) is 0.569. The third kappa shape index (κ3) is 1.55. The van der Waals surface area contributed by atoms with Gasteiger partial charge >= 0.3 is 0 Å². The summed E-state index contributed by atoms with van der Waals surface area (Å²) in [5, 5.41) is 0. The number of aromatic nitrogens is 3. The fourth-order valence-electron chi connectivity index (χ4n) is 1.78. The van der Waals surface area contributed by atoms with Gasteiger partial charge in [0.25, 0.3) is 0 Å². The molecule has 0 atom stereocenters. The number of pyridine rings is 1. The smallest absolute Gasteiger partial charge is 0.180 e. The fourth-order valence-corrected chi connectivity index (χ4v) is 1.78. The lowest BCUT2D eigenvalue weighted by Gasteiger charge is -2.02. The van der Waals surface area contributed by atoms with Gasteiger partial charge in [-0.1, -0.05) is 6.07 Å². The van der Waals surface area contributed by atoms with Gasteiger partial charge in [-0.25, -0.2) is 14.4 Å². The van der Waals surface area contributed by atoms with Crippen LogP contribution in [-0.2, 0) is 0 Å². The van der Waals surface area contributed by atoms with Crippen LogP contribution < -0.4 is 11.5 Å². The third-order valence-corrected chi connectivity index (χ3v) is 2.68. The molecule has 0 saturated heterocycles. The van der Waals surface area contributed by atoms with Gasteiger partial charge in [0.05, 0.1) is 11.2 Å². The Bertz CT molecular complexity index is 734. The Balaban J connectivity index is 2.22. The van der Waals surface area contributed by atoms with E-state index in [-0.39, 0.29) is 5.69 Å². The Hall–Kier alpha value is -2.63. The Kier molecular flexibility index (Phi) is 2.16. The Morgan fingerprint density at radius 2 is 1.89 bits per heavy atom. The molecule has 0 fully saturated rings. The van der Waals surface area contributed by atoms with E-state index in [0.29, 0.717) is 22.9 Å². The van der Waals surface area contributed by atoms with Crippen LogP contribution in [-0.4, -0.2) is 15.0 Å². The monoisotopic (exact) mass is 243 g/mol. The van der Waals surface area contributed by atoms with E-state index >= 15 is 0 Å². The number of nitrogen functional groups attached to an aromatic ring is 2. The summed E-state index contributed by atoms with van der Waals surface area (Å²) < 4.78 is 13.4. The highest BCUT2D eigenvalue weighted by molar-refractivity contribution is 5.81. The normalized spacial score (nSPS) is 10.9. The molecule has 90 valence electrons. The largest absolute Gasteiger partial charge is 0.396 e. The Morgan fingerprint density at radius 1 is 1.06 bits per heavy atom. The molecule has 1 aromatic carbocycles. The first-order valence-electron chi connectivity index (χ1n) is 5.32. The summed E-state index contributed by atoms with van der Waals surface area (Å²) in [7, 11) is 0. The van der Waals surface area contributed by atoms with Gasteiger partial charge < -0.3 is 16.5 Å². The number of benzene rings is 1. The van der Waals surface area contributed by atoms with E-state index in [1.807, 2.05) is 0 Å². The van der Waals surface area contributed by atoms with Crippen LogP contribution in [0.5, 0.6) is 0 Å². The maximum atomic E-state index is 13.4. The lowest BCUT2D eigenvalue weighted by atomic mass is 10.1. The maximum absolute atomic E-state index is 13.4. The van der Waals surface area contributed by atoms with Crippen molar-refractivity contribution in [2.45, 2.75) is 0 Å². The summed E-state index contributed by atoms with van der Waals surface area (Å²) in [6.45, 7) is 0. The number of fused-ring (bicyclic) bond motifs is 1. The second-order valence-corrected chi connectivity index (χ2v) is 3.89. The van der Waals surface area contributed by atoms with Crippen molar-refractivity contribution < 1.29 is 4.39 Å². The number of H-pyrrole nitrogens is 1. The molecule has 0 radical (unpaired) electrons. The van der Waals surface area contributed by atoms with Crippen LogP contribution in [0.2, 0.25) is 0 Å². The second-order valence-electron chi connectivity index (χ2n) is 3.89. The molecule has 0 aliphatic rings. The molecule has 5 nitrogen and oxygen atoms in total. The summed E-state index contributed by atoms with van der Waals surface area (Å²) in [6, 6.07) is 8.01. The van der Waals surface area contributed by atoms with Gasteiger partial charge in [0.1, 0.15) is 17.5 Å². The number of halogens is 1. The molecule has 0 aliphatic heterocycles. The number of anilines is 2. The van der Waals surface area contributed by atoms with E-state index in [9.17, 15) is 4.39 Å². The number of nitrogens with one attached hydrogen (secondary N) is 1. The lowest BCUT2D eigenvalue weighted by molar-refractivity contribution is 0.633. The summed E-state index contributed by atoms with van der Waals surface area (Å²) in [4.78, 5) is 11.4. The number of para-hydroxylation sites is 1. The van der Waals surface area contributed by atoms with Gasteiger partial charge in [-0.15, -0.1) is 0 Å². The van der Waals surface area contributed by atoms with E-state index in [4.69, 9.17) is 11.5 Å². The van der Waals surface area contributed by atoms with Crippen molar-refractivity contribution in [3.05, 3.63) is 36.1 Å². The van der Waals surface area contributed by atoms with Crippen LogP contribution in [0.4, 0.5) is 15.9 Å². The summed E-state index contributed by atoms with van der Waals surface area (Å²) in [6.07, 6.45) is 0. The lowest BCUT2D eigenvalue weighted by Crippen LogP contribution is -1.94. The van der Waals surface area contributed by atoms with Crippen molar-refractivity contribution in [1.82, 2.24) is 15.0 Å². The molecule has 0 bridgehead atoms. The molecule has 2 heterocycles. The molecule has 0 spiro atoms. The zero-order valence-corrected chi connectivity index (χ0v) is 9.31. The average Bonchev–Trinajstić information content (AvgIpc) is 2.75. The van der Waals surface area contributed by atoms with Gasteiger partial charge in [0, 0.05) is 5.56 Å². The van der Waals surface area contributed by atoms with Crippen molar-refractivity contribution in [3.8, 4) is 11.4 Å². The molecule has 3 aromatic rings. The predicted octanol–water partition coefficient (Wildman–Crippen LogP) is 1.93. The van der Waals surface area contributed by atoms with Crippen LogP contribution in [0.25, 0.3) is 22.6 Å². The van der Waals surface area contributed by atoms with Crippen molar-refractivity contribution in [3.63, 3.8) is 0 Å². The Labute approximate surface area is 102 Å². The molecule has 0 amide bonds. The van der Waals surface area contributed by atoms with E-state index in [2.05, 4.69) is 15.0 Å². The minimum atomic E-state index is -0.472. The van der Waals surface area contributed by atoms with Gasteiger partial charge in [-0.2, -0.15) is 0 Å². The van der Waals surface area contributed by atoms with Crippen molar-refractivity contribution in [2.75, 3.05) is 11.5 Å². The van der Waals surface area contributed by atoms with Gasteiger partial charge in [0.15, 0.2) is 5.65 Å². The van der Waals surface area contributed by atoms with Crippen molar-refractivity contribution >= 4 is 22.7 Å². The van der Waals surface area contributed by atoms with Crippen molar-refractivity contribution in [1.29, 1.82) is 0 Å². The fraction of sp³-hybridized carbons (Fsp3) is 0. The minimum Gasteiger partial charge on any atom is -0.396 e. The first-order valence-corrected chi connectivity index (χ1v) is 5.32. The van der Waals surface area contributed by atoms with Crippen LogP contribution in [0.3, 0.4) is 0 Å². The summed E-state index contributed by atoms with van der Waals surface area (Å²) >= 11 is 0. The average molecular weight is 243 g/mol. The molecule has 18 heavy (non-hydrogen) atoms. The maximum Gasteiger partial charge on any atom is 0.180 e.